The fourth-order valence-electron chi connectivity index (χ4n) is 3.82. The molecule has 1 aromatic rings. The maximum Gasteiger partial charge on any atom is 0.255 e. The van der Waals surface area contributed by atoms with Crippen molar-refractivity contribution in [2.24, 2.45) is 0 Å². The number of piperazine rings is 1. The molecule has 0 saturated carbocycles. The number of hydrogen-bond donors (Lipinski definition) is 2. The molecular weight excluding hydrogens is 400 g/mol. The number of benzene rings is 1. The molecule has 3 aliphatic rings. The van der Waals surface area contributed by atoms with Gasteiger partial charge in [0.25, 0.3) is 5.91 Å². The van der Waals surface area contributed by atoms with E-state index in [0.29, 0.717) is 18.5 Å². The van der Waals surface area contributed by atoms with E-state index >= 15 is 0 Å². The standard InChI is InChI=1S/C18H21BrN4O3/c19-16-11(9-22-7-5-20-6-8-22)1-2-12-13(16)10-23(18(12)26)14-3-4-15(24)21-17(14)25/h1-2,14,20H,3-10H2,(H,21,24,25)/i/hD. The molecule has 1 atom stereocenters. The average molecular weight is 422 g/mol. The number of piperidine rings is 1. The number of fused-ring (bicyclic) bond motifs is 1. The second-order valence-corrected chi connectivity index (χ2v) is 7.70. The van der Waals surface area contributed by atoms with Crippen LogP contribution in [0, 0.1) is 0 Å². The van der Waals surface area contributed by atoms with E-state index in [2.05, 4.69) is 26.1 Å². The molecule has 0 bridgehead atoms. The van der Waals surface area contributed by atoms with Gasteiger partial charge in [0.2, 0.25) is 11.8 Å². The number of imide groups is 1. The van der Waals surface area contributed by atoms with E-state index in [9.17, 15) is 14.4 Å². The van der Waals surface area contributed by atoms with Gasteiger partial charge in [-0.15, -0.1) is 0 Å². The first kappa shape index (κ1) is 16.4. The Bertz CT molecular complexity index is 810. The van der Waals surface area contributed by atoms with Crippen LogP contribution in [0.5, 0.6) is 0 Å². The van der Waals surface area contributed by atoms with Gasteiger partial charge < -0.3 is 10.2 Å². The van der Waals surface area contributed by atoms with Crippen LogP contribution >= 0.6 is 15.9 Å². The van der Waals surface area contributed by atoms with E-state index < -0.39 is 11.9 Å². The van der Waals surface area contributed by atoms with Gasteiger partial charge in [-0.3, -0.25) is 24.6 Å². The van der Waals surface area contributed by atoms with Crippen LogP contribution < -0.4 is 10.6 Å². The summed E-state index contributed by atoms with van der Waals surface area (Å²) in [5, 5.41) is 3.90. The maximum atomic E-state index is 12.8. The van der Waals surface area contributed by atoms with Crippen molar-refractivity contribution in [3.8, 4) is 0 Å². The van der Waals surface area contributed by atoms with Gasteiger partial charge in [0.15, 0.2) is 0 Å². The molecule has 1 aromatic carbocycles. The van der Waals surface area contributed by atoms with Crippen molar-refractivity contribution in [3.63, 3.8) is 0 Å². The third kappa shape index (κ3) is 3.17. The minimum absolute atomic E-state index is 0.158. The van der Waals surface area contributed by atoms with Crippen molar-refractivity contribution in [1.82, 2.24) is 20.4 Å². The number of carbonyl (C=O) groups is 3. The normalized spacial score (nSPS) is 25.3. The Morgan fingerprint density at radius 1 is 1.23 bits per heavy atom. The molecule has 3 aliphatic heterocycles. The molecule has 0 aromatic heterocycles. The molecule has 2 saturated heterocycles. The van der Waals surface area contributed by atoms with Gasteiger partial charge in [-0.1, -0.05) is 22.0 Å². The highest BCUT2D eigenvalue weighted by atomic mass is 79.9. The SMILES string of the molecule is [2H]N1CCN(Cc2ccc3c(c2Br)CN(C2CCC(=O)NC2=O)C3=O)CC1. The van der Waals surface area contributed by atoms with Crippen molar-refractivity contribution in [1.29, 1.82) is 0 Å². The maximum absolute atomic E-state index is 12.8. The van der Waals surface area contributed by atoms with Crippen LogP contribution in [0.2, 0.25) is 1.41 Å². The minimum atomic E-state index is -0.594. The van der Waals surface area contributed by atoms with Crippen LogP contribution in [-0.2, 0) is 22.7 Å². The smallest absolute Gasteiger partial charge is 0.255 e. The van der Waals surface area contributed by atoms with E-state index in [4.69, 9.17) is 1.41 Å². The first-order valence-corrected chi connectivity index (χ1v) is 9.64. The molecule has 3 heterocycles. The summed E-state index contributed by atoms with van der Waals surface area (Å²) in [6, 6.07) is 3.20. The van der Waals surface area contributed by atoms with Gasteiger partial charge in [-0.25, -0.2) is 0 Å². The molecule has 0 spiro atoms. The number of nitrogens with one attached hydrogen (secondary N) is 2. The van der Waals surface area contributed by atoms with Gasteiger partial charge in [0.1, 0.15) is 7.45 Å². The Labute approximate surface area is 161 Å². The van der Waals surface area contributed by atoms with Gasteiger partial charge in [-0.2, -0.15) is 0 Å². The summed E-state index contributed by atoms with van der Waals surface area (Å²) < 4.78 is 8.57. The van der Waals surface area contributed by atoms with Crippen LogP contribution in [0.3, 0.4) is 0 Å². The van der Waals surface area contributed by atoms with Crippen molar-refractivity contribution in [2.45, 2.75) is 32.0 Å². The van der Waals surface area contributed by atoms with E-state index in [-0.39, 0.29) is 18.2 Å². The molecule has 26 heavy (non-hydrogen) atoms. The Hall–Kier alpha value is -1.77. The highest BCUT2D eigenvalue weighted by Gasteiger charge is 2.40. The van der Waals surface area contributed by atoms with Crippen LogP contribution in [0.15, 0.2) is 16.6 Å². The molecule has 0 radical (unpaired) electrons. The van der Waals surface area contributed by atoms with Crippen LogP contribution in [0.25, 0.3) is 0 Å². The molecule has 0 aliphatic carbocycles. The van der Waals surface area contributed by atoms with Gasteiger partial charge in [-0.05, 0) is 23.6 Å². The lowest BCUT2D eigenvalue weighted by Crippen LogP contribution is -2.52. The number of halogens is 1. The Morgan fingerprint density at radius 2 is 2.00 bits per heavy atom. The average Bonchev–Trinajstić information content (AvgIpc) is 2.97. The molecule has 4 rings (SSSR count). The Kier molecular flexibility index (Phi) is 4.48. The molecule has 1 unspecified atom stereocenters. The molecular formula is C18H21BrN4O3. The van der Waals surface area contributed by atoms with Crippen LogP contribution in [0.4, 0.5) is 0 Å². The summed E-state index contributed by atoms with van der Waals surface area (Å²) in [6.07, 6.45) is 0.622. The lowest BCUT2D eigenvalue weighted by atomic mass is 10.0. The third-order valence-corrected chi connectivity index (χ3v) is 6.26. The predicted molar refractivity (Wildman–Crippen MR) is 98.3 cm³/mol. The summed E-state index contributed by atoms with van der Waals surface area (Å²) >= 11 is 3.67. The van der Waals surface area contributed by atoms with Crippen molar-refractivity contribution in [3.05, 3.63) is 33.3 Å². The molecule has 7 nitrogen and oxygen atoms in total. The van der Waals surface area contributed by atoms with Crippen molar-refractivity contribution < 1.29 is 15.8 Å². The zero-order valence-electron chi connectivity index (χ0n) is 15.3. The fourth-order valence-corrected chi connectivity index (χ4v) is 4.42. The zero-order valence-corrected chi connectivity index (χ0v) is 15.9. The summed E-state index contributed by atoms with van der Waals surface area (Å²) in [5.41, 5.74) is 2.62. The number of carbonyl (C=O) groups excluding carboxylic acids is 3. The van der Waals surface area contributed by atoms with Crippen molar-refractivity contribution >= 4 is 33.7 Å². The van der Waals surface area contributed by atoms with E-state index in [0.717, 1.165) is 48.3 Å². The van der Waals surface area contributed by atoms with Crippen LogP contribution in [-0.4, -0.2) is 59.7 Å². The molecule has 8 heteroatoms. The summed E-state index contributed by atoms with van der Waals surface area (Å²) in [4.78, 5) is 40.2. The highest BCUT2D eigenvalue weighted by molar-refractivity contribution is 9.10. The molecule has 2 N–H and O–H groups in total. The first-order valence-electron chi connectivity index (χ1n) is 9.30. The topological polar surface area (TPSA) is 81.8 Å². The molecule has 138 valence electrons. The van der Waals surface area contributed by atoms with Crippen LogP contribution in [0.1, 0.15) is 34.3 Å². The van der Waals surface area contributed by atoms with Gasteiger partial charge in [0, 0.05) is 55.7 Å². The molecule has 2 fully saturated rings. The van der Waals surface area contributed by atoms with Gasteiger partial charge >= 0.3 is 0 Å². The van der Waals surface area contributed by atoms with E-state index in [1.54, 1.807) is 10.2 Å². The fraction of sp³-hybridized carbons (Fsp3) is 0.500. The highest BCUT2D eigenvalue weighted by Crippen LogP contribution is 2.35. The van der Waals surface area contributed by atoms with Gasteiger partial charge in [0.05, 0.1) is 0 Å². The number of amides is 3. The number of hydrogen-bond acceptors (Lipinski definition) is 5. The predicted octanol–water partition coefficient (Wildman–Crippen LogP) is 0.615. The summed E-state index contributed by atoms with van der Waals surface area (Å²) in [7, 11) is 0. The molecule has 3 amide bonds. The Morgan fingerprint density at radius 3 is 2.73 bits per heavy atom. The Balaban J connectivity index is 1.52. The largest absolute Gasteiger partial charge is 0.322 e. The number of nitrogens with zero attached hydrogens (tertiary/aromatic N) is 2. The summed E-state index contributed by atoms with van der Waals surface area (Å²) in [6.45, 7) is 4.26. The van der Waals surface area contributed by atoms with E-state index in [1.165, 1.54) is 0 Å². The second kappa shape index (κ2) is 7.09. The van der Waals surface area contributed by atoms with E-state index in [1.807, 2.05) is 12.1 Å². The summed E-state index contributed by atoms with van der Waals surface area (Å²) in [5.74, 6) is -0.830. The van der Waals surface area contributed by atoms with Crippen molar-refractivity contribution in [2.75, 3.05) is 26.2 Å². The second-order valence-electron chi connectivity index (χ2n) is 6.91. The third-order valence-electron chi connectivity index (χ3n) is 5.27. The lowest BCUT2D eigenvalue weighted by Gasteiger charge is -2.29. The first-order chi connectivity index (χ1) is 12.9. The monoisotopic (exact) mass is 421 g/mol. The minimum Gasteiger partial charge on any atom is -0.322 e. The lowest BCUT2D eigenvalue weighted by molar-refractivity contribution is -0.136. The quantitative estimate of drug-likeness (QED) is 0.698. The zero-order chi connectivity index (χ0) is 19.1. The number of rotatable bonds is 3.